The third-order valence-corrected chi connectivity index (χ3v) is 10.5. The van der Waals surface area contributed by atoms with Crippen LogP contribution in [0.3, 0.4) is 0 Å². The molecular weight excluding hydrogens is 590 g/mol. The smallest absolute Gasteiger partial charge is 0.254 e. The van der Waals surface area contributed by atoms with Crippen molar-refractivity contribution in [3.63, 3.8) is 0 Å². The van der Waals surface area contributed by atoms with Crippen molar-refractivity contribution in [3.8, 4) is 28.5 Å². The number of hydrogen-bond acceptors (Lipinski definition) is 6. The van der Waals surface area contributed by atoms with Crippen LogP contribution in [0.15, 0.2) is 48.5 Å². The van der Waals surface area contributed by atoms with E-state index in [0.717, 1.165) is 81.9 Å². The second kappa shape index (κ2) is 11.2. The highest BCUT2D eigenvalue weighted by Gasteiger charge is 2.47. The Morgan fingerprint density at radius 3 is 2.55 bits per heavy atom. The number of hydrogen-bond donors (Lipinski definition) is 2. The van der Waals surface area contributed by atoms with Gasteiger partial charge in [0.1, 0.15) is 16.9 Å². The molecule has 2 aromatic carbocycles. The van der Waals surface area contributed by atoms with E-state index in [2.05, 4.69) is 39.6 Å². The lowest BCUT2D eigenvalue weighted by molar-refractivity contribution is -0.114. The van der Waals surface area contributed by atoms with Crippen LogP contribution in [0.5, 0.6) is 5.75 Å². The molecule has 10 nitrogen and oxygen atoms in total. The number of ether oxygens (including phenoxy) is 1. The number of pyridine rings is 1. The Labute approximate surface area is 273 Å². The Morgan fingerprint density at radius 2 is 1.87 bits per heavy atom. The Balaban J connectivity index is 1.22. The molecule has 0 spiro atoms. The molecule has 0 radical (unpaired) electrons. The minimum atomic E-state index is -0.0877. The van der Waals surface area contributed by atoms with Gasteiger partial charge < -0.3 is 29.8 Å². The number of piperidine rings is 1. The normalized spacial score (nSPS) is 20.4. The molecule has 4 heterocycles. The van der Waals surface area contributed by atoms with Crippen LogP contribution in [0.25, 0.3) is 44.8 Å². The maximum absolute atomic E-state index is 13.8. The van der Waals surface area contributed by atoms with E-state index in [0.29, 0.717) is 29.7 Å². The average molecular weight is 632 g/mol. The van der Waals surface area contributed by atoms with Gasteiger partial charge in [-0.3, -0.25) is 9.59 Å². The number of carbonyl (C=O) groups excluding carboxylic acids is 2. The standard InChI is InChI=1S/C37H41N7O3/c1-5-22-14-26(39-20(2)45)10-11-27(22)28-12-8-23-16-31(43(35(23)40-28)18-21-6-7-21)36-41-29-15-25(17-32(47-4)34(29)42(36)3)37(46)44-19-24-9-13-30(44)33(24)38/h8,10-12,14-17,21,24,30,33H,5-7,9,13,18-19,38H2,1-4H3,(H,39,45). The number of benzene rings is 2. The van der Waals surface area contributed by atoms with Crippen molar-refractivity contribution in [2.45, 2.75) is 64.6 Å². The lowest BCUT2D eigenvalue weighted by atomic mass is 10.0. The summed E-state index contributed by atoms with van der Waals surface area (Å²) in [4.78, 5) is 37.8. The van der Waals surface area contributed by atoms with E-state index in [1.54, 1.807) is 7.11 Å². The maximum Gasteiger partial charge on any atom is 0.254 e. The molecule has 3 unspecified atom stereocenters. The Hall–Kier alpha value is -4.70. The first kappa shape index (κ1) is 29.7. The van der Waals surface area contributed by atoms with E-state index in [9.17, 15) is 9.59 Å². The summed E-state index contributed by atoms with van der Waals surface area (Å²) in [6.07, 6.45) is 5.28. The zero-order chi connectivity index (χ0) is 32.6. The molecule has 2 bridgehead atoms. The van der Waals surface area contributed by atoms with Crippen LogP contribution in [-0.4, -0.2) is 61.6 Å². The van der Waals surface area contributed by atoms with E-state index in [1.807, 2.05) is 42.3 Å². The first-order valence-corrected chi connectivity index (χ1v) is 16.8. The molecule has 10 heteroatoms. The van der Waals surface area contributed by atoms with Gasteiger partial charge in [-0.1, -0.05) is 13.0 Å². The van der Waals surface area contributed by atoms with Crippen molar-refractivity contribution in [2.24, 2.45) is 24.6 Å². The molecule has 3 aromatic heterocycles. The van der Waals surface area contributed by atoms with E-state index >= 15 is 0 Å². The Kier molecular flexibility index (Phi) is 7.09. The zero-order valence-electron chi connectivity index (χ0n) is 27.4. The van der Waals surface area contributed by atoms with Crippen LogP contribution in [0.4, 0.5) is 5.69 Å². The molecule has 5 aromatic rings. The number of nitrogens with one attached hydrogen (secondary N) is 1. The van der Waals surface area contributed by atoms with Crippen LogP contribution < -0.4 is 15.8 Å². The third-order valence-electron chi connectivity index (χ3n) is 10.5. The fourth-order valence-corrected chi connectivity index (χ4v) is 7.89. The summed E-state index contributed by atoms with van der Waals surface area (Å²) in [5.41, 5.74) is 14.4. The molecule has 2 aliphatic carbocycles. The number of aromatic nitrogens is 4. The predicted octanol–water partition coefficient (Wildman–Crippen LogP) is 5.76. The van der Waals surface area contributed by atoms with E-state index in [4.69, 9.17) is 20.4 Å². The van der Waals surface area contributed by atoms with Crippen molar-refractivity contribution in [1.82, 2.24) is 24.0 Å². The number of anilines is 1. The van der Waals surface area contributed by atoms with Crippen LogP contribution in [0.2, 0.25) is 0 Å². The van der Waals surface area contributed by atoms with Crippen molar-refractivity contribution in [1.29, 1.82) is 0 Å². The topological polar surface area (TPSA) is 120 Å². The van der Waals surface area contributed by atoms with Gasteiger partial charge in [-0.2, -0.15) is 0 Å². The molecule has 47 heavy (non-hydrogen) atoms. The predicted molar refractivity (Wildman–Crippen MR) is 183 cm³/mol. The number of imidazole rings is 1. The summed E-state index contributed by atoms with van der Waals surface area (Å²) in [5, 5.41) is 3.94. The van der Waals surface area contributed by atoms with Gasteiger partial charge in [-0.15, -0.1) is 0 Å². The van der Waals surface area contributed by atoms with Crippen molar-refractivity contribution < 1.29 is 14.3 Å². The number of rotatable bonds is 8. The molecule has 1 saturated heterocycles. The van der Waals surface area contributed by atoms with Crippen LogP contribution in [-0.2, 0) is 24.8 Å². The van der Waals surface area contributed by atoms with E-state index in [-0.39, 0.29) is 23.9 Å². The second-order valence-corrected chi connectivity index (χ2v) is 13.6. The Morgan fingerprint density at radius 1 is 1.04 bits per heavy atom. The van der Waals surface area contributed by atoms with E-state index < -0.39 is 0 Å². The monoisotopic (exact) mass is 631 g/mol. The highest BCUT2D eigenvalue weighted by atomic mass is 16.5. The molecular formula is C37H41N7O3. The molecule has 3 fully saturated rings. The van der Waals surface area contributed by atoms with Crippen LogP contribution in [0.1, 0.15) is 55.5 Å². The highest BCUT2D eigenvalue weighted by molar-refractivity contribution is 6.00. The molecule has 2 amide bonds. The molecule has 242 valence electrons. The van der Waals surface area contributed by atoms with Gasteiger partial charge in [-0.05, 0) is 92.0 Å². The van der Waals surface area contributed by atoms with Crippen LogP contribution in [0, 0.1) is 11.8 Å². The van der Waals surface area contributed by atoms with Gasteiger partial charge in [0.2, 0.25) is 5.91 Å². The number of aryl methyl sites for hydroxylation is 2. The molecule has 3 N–H and O–H groups in total. The van der Waals surface area contributed by atoms with E-state index in [1.165, 1.54) is 19.8 Å². The average Bonchev–Trinajstić information content (AvgIpc) is 3.47. The molecule has 1 aliphatic heterocycles. The maximum atomic E-state index is 13.8. The van der Waals surface area contributed by atoms with Gasteiger partial charge in [0, 0.05) is 61.3 Å². The summed E-state index contributed by atoms with van der Waals surface area (Å²) in [5.74, 6) is 2.33. The van der Waals surface area contributed by atoms with Gasteiger partial charge in [0.05, 0.1) is 24.0 Å². The second-order valence-electron chi connectivity index (χ2n) is 13.6. The van der Waals surface area contributed by atoms with Crippen molar-refractivity contribution >= 4 is 39.6 Å². The van der Waals surface area contributed by atoms with Crippen molar-refractivity contribution in [3.05, 3.63) is 59.7 Å². The fourth-order valence-electron chi connectivity index (χ4n) is 7.89. The summed E-state index contributed by atoms with van der Waals surface area (Å²) in [6.45, 7) is 5.21. The lowest BCUT2D eigenvalue weighted by Gasteiger charge is -2.27. The number of methoxy groups -OCH3 is 1. The third kappa shape index (κ3) is 4.97. The Bertz CT molecular complexity index is 2070. The van der Waals surface area contributed by atoms with Gasteiger partial charge >= 0.3 is 0 Å². The molecule has 8 rings (SSSR count). The SMILES string of the molecule is CCc1cc(NC(C)=O)ccc1-c1ccc2cc(-c3nc4cc(C(=O)N5CC6CCC5C6N)cc(OC)c4n3C)n(CC3CC3)c2n1. The number of amides is 2. The van der Waals surface area contributed by atoms with Crippen LogP contribution >= 0.6 is 0 Å². The summed E-state index contributed by atoms with van der Waals surface area (Å²) in [7, 11) is 3.65. The first-order valence-electron chi connectivity index (χ1n) is 16.8. The first-order chi connectivity index (χ1) is 22.7. The van der Waals surface area contributed by atoms with Gasteiger partial charge in [0.15, 0.2) is 5.82 Å². The number of nitrogens with two attached hydrogens (primary N) is 1. The van der Waals surface area contributed by atoms with Gasteiger partial charge in [0.25, 0.3) is 5.91 Å². The lowest BCUT2D eigenvalue weighted by Crippen LogP contribution is -2.41. The quantitative estimate of drug-likeness (QED) is 0.225. The summed E-state index contributed by atoms with van der Waals surface area (Å²) in [6, 6.07) is 16.3. The number of nitrogens with zero attached hydrogens (tertiary/aromatic N) is 5. The fraction of sp³-hybridized carbons (Fsp3) is 0.405. The molecule has 3 aliphatic rings. The number of carbonyl (C=O) groups is 2. The minimum absolute atomic E-state index is 0.00353. The summed E-state index contributed by atoms with van der Waals surface area (Å²) < 4.78 is 10.3. The minimum Gasteiger partial charge on any atom is -0.494 e. The number of fused-ring (bicyclic) bond motifs is 4. The summed E-state index contributed by atoms with van der Waals surface area (Å²) >= 11 is 0. The van der Waals surface area contributed by atoms with Gasteiger partial charge in [-0.25, -0.2) is 9.97 Å². The molecule has 3 atom stereocenters. The number of likely N-dealkylation sites (tertiary alicyclic amines) is 1. The highest BCUT2D eigenvalue weighted by Crippen LogP contribution is 2.40. The van der Waals surface area contributed by atoms with Crippen molar-refractivity contribution in [2.75, 3.05) is 19.0 Å². The zero-order valence-corrected chi connectivity index (χ0v) is 27.4. The molecule has 2 saturated carbocycles. The largest absolute Gasteiger partial charge is 0.494 e.